The molecule has 128 valence electrons. The molecule has 0 aliphatic carbocycles. The van der Waals surface area contributed by atoms with E-state index in [2.05, 4.69) is 37.3 Å². The Morgan fingerprint density at radius 1 is 1.16 bits per heavy atom. The van der Waals surface area contributed by atoms with Crippen molar-refractivity contribution in [3.8, 4) is 11.6 Å². The molecular formula is C17H19N7O. The van der Waals surface area contributed by atoms with Crippen molar-refractivity contribution in [2.75, 3.05) is 13.7 Å². The van der Waals surface area contributed by atoms with Crippen LogP contribution in [0, 0.1) is 0 Å². The fraction of sp³-hybridized carbons (Fsp3) is 0.353. The van der Waals surface area contributed by atoms with Crippen LogP contribution in [0.5, 0.6) is 5.88 Å². The van der Waals surface area contributed by atoms with E-state index in [1.165, 1.54) is 0 Å². The molecule has 1 aliphatic heterocycles. The summed E-state index contributed by atoms with van der Waals surface area (Å²) in [6.07, 6.45) is 2.41. The molecule has 3 heterocycles. The first-order valence-electron chi connectivity index (χ1n) is 8.22. The lowest BCUT2D eigenvalue weighted by atomic mass is 10.0. The van der Waals surface area contributed by atoms with Crippen molar-refractivity contribution in [3.63, 3.8) is 0 Å². The zero-order valence-corrected chi connectivity index (χ0v) is 14.2. The topological polar surface area (TPSA) is 81.8 Å². The van der Waals surface area contributed by atoms with Crippen molar-refractivity contribution in [2.24, 2.45) is 0 Å². The lowest BCUT2D eigenvalue weighted by Gasteiger charge is -2.32. The number of fused-ring (bicyclic) bond motifs is 1. The first kappa shape index (κ1) is 15.6. The third-order valence-electron chi connectivity index (χ3n) is 4.60. The van der Waals surface area contributed by atoms with Crippen molar-refractivity contribution in [2.45, 2.75) is 25.9 Å². The fourth-order valence-corrected chi connectivity index (χ4v) is 3.21. The van der Waals surface area contributed by atoms with E-state index in [4.69, 9.17) is 4.74 Å². The first-order valence-corrected chi connectivity index (χ1v) is 8.22. The maximum atomic E-state index is 5.40. The lowest BCUT2D eigenvalue weighted by Crippen LogP contribution is -2.35. The van der Waals surface area contributed by atoms with Crippen LogP contribution in [-0.2, 0) is 13.0 Å². The van der Waals surface area contributed by atoms with Crippen LogP contribution < -0.4 is 4.74 Å². The second-order valence-corrected chi connectivity index (χ2v) is 5.99. The van der Waals surface area contributed by atoms with Crippen LogP contribution in [0.1, 0.15) is 30.0 Å². The Balaban J connectivity index is 1.63. The molecule has 0 saturated carbocycles. The molecule has 0 unspecified atom stereocenters. The second kappa shape index (κ2) is 6.56. The van der Waals surface area contributed by atoms with Gasteiger partial charge in [-0.3, -0.25) is 4.90 Å². The number of aromatic nitrogens is 6. The Hall–Kier alpha value is -2.87. The second-order valence-electron chi connectivity index (χ2n) is 5.99. The van der Waals surface area contributed by atoms with Crippen molar-refractivity contribution in [3.05, 3.63) is 53.7 Å². The van der Waals surface area contributed by atoms with E-state index < -0.39 is 0 Å². The summed E-state index contributed by atoms with van der Waals surface area (Å²) in [5.41, 5.74) is 3.05. The molecular weight excluding hydrogens is 318 g/mol. The van der Waals surface area contributed by atoms with Crippen molar-refractivity contribution in [1.29, 1.82) is 0 Å². The quantitative estimate of drug-likeness (QED) is 0.715. The van der Waals surface area contributed by atoms with Crippen LogP contribution in [0.4, 0.5) is 0 Å². The summed E-state index contributed by atoms with van der Waals surface area (Å²) >= 11 is 0. The molecule has 0 fully saturated rings. The highest BCUT2D eigenvalue weighted by molar-refractivity contribution is 5.33. The van der Waals surface area contributed by atoms with Gasteiger partial charge in [-0.05, 0) is 29.5 Å². The molecule has 0 spiro atoms. The molecule has 0 bridgehead atoms. The zero-order valence-electron chi connectivity index (χ0n) is 14.2. The van der Waals surface area contributed by atoms with Gasteiger partial charge >= 0.3 is 0 Å². The van der Waals surface area contributed by atoms with Gasteiger partial charge < -0.3 is 4.74 Å². The molecule has 4 rings (SSSR count). The standard InChI is InChI=1S/C17H19N7O/c1-12(16-20-21-22-24(16)13-6-4-3-5-7-13)23-9-8-15-14(10-23)17(25-2)19-11-18-15/h3-7,11-12H,8-10H2,1-2H3/t12-/m1/s1. The highest BCUT2D eigenvalue weighted by Crippen LogP contribution is 2.29. The van der Waals surface area contributed by atoms with E-state index in [9.17, 15) is 0 Å². The predicted octanol–water partition coefficient (Wildman–Crippen LogP) is 1.58. The summed E-state index contributed by atoms with van der Waals surface area (Å²) < 4.78 is 7.19. The Bertz CT molecular complexity index is 850. The summed E-state index contributed by atoms with van der Waals surface area (Å²) in [6, 6.07) is 9.97. The van der Waals surface area contributed by atoms with Gasteiger partial charge in [-0.1, -0.05) is 18.2 Å². The van der Waals surface area contributed by atoms with Crippen LogP contribution in [0.3, 0.4) is 0 Å². The molecule has 0 N–H and O–H groups in total. The number of para-hydroxylation sites is 1. The van der Waals surface area contributed by atoms with Gasteiger partial charge in [-0.2, -0.15) is 4.68 Å². The smallest absolute Gasteiger partial charge is 0.220 e. The third-order valence-corrected chi connectivity index (χ3v) is 4.60. The lowest BCUT2D eigenvalue weighted by molar-refractivity contribution is 0.177. The first-order chi connectivity index (χ1) is 12.3. The number of methoxy groups -OCH3 is 1. The summed E-state index contributed by atoms with van der Waals surface area (Å²) in [5.74, 6) is 1.45. The summed E-state index contributed by atoms with van der Waals surface area (Å²) in [6.45, 7) is 3.71. The Kier molecular flexibility index (Phi) is 4.10. The number of nitrogens with zero attached hydrogens (tertiary/aromatic N) is 7. The van der Waals surface area contributed by atoms with Crippen LogP contribution >= 0.6 is 0 Å². The van der Waals surface area contributed by atoms with E-state index in [1.807, 2.05) is 30.3 Å². The van der Waals surface area contributed by atoms with Gasteiger partial charge in [-0.25, -0.2) is 9.97 Å². The van der Waals surface area contributed by atoms with Gasteiger partial charge in [0, 0.05) is 25.1 Å². The third kappa shape index (κ3) is 2.85. The minimum atomic E-state index is 0.0493. The van der Waals surface area contributed by atoms with E-state index in [-0.39, 0.29) is 6.04 Å². The number of hydrogen-bond acceptors (Lipinski definition) is 7. The minimum absolute atomic E-state index is 0.0493. The SMILES string of the molecule is COc1ncnc2c1CN([C@H](C)c1nnnn1-c1ccccc1)CC2. The van der Waals surface area contributed by atoms with Crippen LogP contribution in [0.25, 0.3) is 5.69 Å². The fourth-order valence-electron chi connectivity index (χ4n) is 3.21. The Morgan fingerprint density at radius 3 is 2.80 bits per heavy atom. The number of benzene rings is 1. The average molecular weight is 337 g/mol. The molecule has 0 amide bonds. The molecule has 3 aromatic rings. The molecule has 0 radical (unpaired) electrons. The van der Waals surface area contributed by atoms with Gasteiger partial charge in [0.25, 0.3) is 0 Å². The maximum absolute atomic E-state index is 5.40. The molecule has 2 aromatic heterocycles. The predicted molar refractivity (Wildman–Crippen MR) is 90.3 cm³/mol. The normalized spacial score (nSPS) is 15.6. The van der Waals surface area contributed by atoms with Gasteiger partial charge in [0.1, 0.15) is 6.33 Å². The summed E-state index contributed by atoms with van der Waals surface area (Å²) in [5, 5.41) is 12.3. The van der Waals surface area contributed by atoms with E-state index in [1.54, 1.807) is 18.1 Å². The van der Waals surface area contributed by atoms with E-state index in [0.29, 0.717) is 12.4 Å². The molecule has 8 heteroatoms. The zero-order chi connectivity index (χ0) is 17.2. The average Bonchev–Trinajstić information content (AvgIpc) is 3.17. The van der Waals surface area contributed by atoms with Crippen molar-refractivity contribution < 1.29 is 4.74 Å². The minimum Gasteiger partial charge on any atom is -0.481 e. The van der Waals surface area contributed by atoms with Gasteiger partial charge in [-0.15, -0.1) is 5.10 Å². The molecule has 1 aromatic carbocycles. The monoisotopic (exact) mass is 337 g/mol. The van der Waals surface area contributed by atoms with Gasteiger partial charge in [0.15, 0.2) is 5.82 Å². The number of rotatable bonds is 4. The largest absolute Gasteiger partial charge is 0.481 e. The highest BCUT2D eigenvalue weighted by Gasteiger charge is 2.28. The van der Waals surface area contributed by atoms with Gasteiger partial charge in [0.05, 0.1) is 24.5 Å². The van der Waals surface area contributed by atoms with E-state index >= 15 is 0 Å². The summed E-state index contributed by atoms with van der Waals surface area (Å²) in [7, 11) is 1.64. The Morgan fingerprint density at radius 2 is 2.00 bits per heavy atom. The molecule has 0 saturated heterocycles. The van der Waals surface area contributed by atoms with E-state index in [0.717, 1.165) is 35.7 Å². The molecule has 8 nitrogen and oxygen atoms in total. The van der Waals surface area contributed by atoms with Crippen LogP contribution in [0.2, 0.25) is 0 Å². The molecule has 1 atom stereocenters. The van der Waals surface area contributed by atoms with Crippen LogP contribution in [0.15, 0.2) is 36.7 Å². The Labute approximate surface area is 145 Å². The van der Waals surface area contributed by atoms with Gasteiger partial charge in [0.2, 0.25) is 5.88 Å². The number of hydrogen-bond donors (Lipinski definition) is 0. The molecule has 1 aliphatic rings. The molecule has 25 heavy (non-hydrogen) atoms. The number of tetrazole rings is 1. The highest BCUT2D eigenvalue weighted by atomic mass is 16.5. The van der Waals surface area contributed by atoms with Crippen LogP contribution in [-0.4, -0.2) is 48.7 Å². The summed E-state index contributed by atoms with van der Waals surface area (Å²) in [4.78, 5) is 10.9. The van der Waals surface area contributed by atoms with Crippen molar-refractivity contribution >= 4 is 0 Å². The maximum Gasteiger partial charge on any atom is 0.220 e. The van der Waals surface area contributed by atoms with Crippen molar-refractivity contribution in [1.82, 2.24) is 35.1 Å². The number of ether oxygens (including phenoxy) is 1.